The SMILES string of the molecule is CCCCC(NC(=O)c1[nH]c2c(c1C)C(=O)CC(C)(C)C2)C(=O)NCc1ccc(CN2CCCCC2)cc1. The molecule has 0 saturated carbocycles. The van der Waals surface area contributed by atoms with E-state index < -0.39 is 6.04 Å². The first-order valence-corrected chi connectivity index (χ1v) is 14.3. The van der Waals surface area contributed by atoms with Gasteiger partial charge in [-0.25, -0.2) is 0 Å². The zero-order chi connectivity index (χ0) is 27.3. The van der Waals surface area contributed by atoms with Crippen LogP contribution < -0.4 is 10.6 Å². The molecule has 7 nitrogen and oxygen atoms in total. The first-order chi connectivity index (χ1) is 18.2. The van der Waals surface area contributed by atoms with Crippen LogP contribution in [0.25, 0.3) is 0 Å². The van der Waals surface area contributed by atoms with Gasteiger partial charge >= 0.3 is 0 Å². The van der Waals surface area contributed by atoms with E-state index in [-0.39, 0.29) is 23.0 Å². The maximum absolute atomic E-state index is 13.3. The predicted octanol–water partition coefficient (Wildman–Crippen LogP) is 5.07. The third-order valence-corrected chi connectivity index (χ3v) is 7.94. The van der Waals surface area contributed by atoms with Gasteiger partial charge in [-0.15, -0.1) is 0 Å². The van der Waals surface area contributed by atoms with E-state index in [2.05, 4.69) is 65.6 Å². The molecule has 1 aromatic carbocycles. The van der Waals surface area contributed by atoms with Gasteiger partial charge in [0.15, 0.2) is 5.78 Å². The van der Waals surface area contributed by atoms with Gasteiger partial charge in [-0.1, -0.05) is 64.3 Å². The first-order valence-electron chi connectivity index (χ1n) is 14.3. The zero-order valence-corrected chi connectivity index (χ0v) is 23.5. The summed E-state index contributed by atoms with van der Waals surface area (Å²) in [6.45, 7) is 11.7. The van der Waals surface area contributed by atoms with Crippen molar-refractivity contribution in [1.82, 2.24) is 20.5 Å². The van der Waals surface area contributed by atoms with Crippen LogP contribution in [0.15, 0.2) is 24.3 Å². The van der Waals surface area contributed by atoms with E-state index in [1.54, 1.807) is 0 Å². The Labute approximate surface area is 227 Å². The molecule has 1 unspecified atom stereocenters. The number of amides is 2. The molecule has 3 N–H and O–H groups in total. The predicted molar refractivity (Wildman–Crippen MR) is 150 cm³/mol. The molecule has 206 valence electrons. The van der Waals surface area contributed by atoms with Gasteiger partial charge < -0.3 is 15.6 Å². The van der Waals surface area contributed by atoms with Crippen molar-refractivity contribution >= 4 is 17.6 Å². The number of nitrogens with one attached hydrogen (secondary N) is 3. The number of rotatable bonds is 10. The monoisotopic (exact) mass is 520 g/mol. The summed E-state index contributed by atoms with van der Waals surface area (Å²) >= 11 is 0. The summed E-state index contributed by atoms with van der Waals surface area (Å²) < 4.78 is 0. The van der Waals surface area contributed by atoms with Crippen LogP contribution in [-0.4, -0.2) is 46.6 Å². The Morgan fingerprint density at radius 3 is 2.42 bits per heavy atom. The molecule has 1 aliphatic heterocycles. The number of fused-ring (bicyclic) bond motifs is 1. The topological polar surface area (TPSA) is 94.3 Å². The third kappa shape index (κ3) is 6.93. The van der Waals surface area contributed by atoms with E-state index in [0.717, 1.165) is 37.1 Å². The largest absolute Gasteiger partial charge is 0.354 e. The zero-order valence-electron chi connectivity index (χ0n) is 23.5. The van der Waals surface area contributed by atoms with E-state index in [9.17, 15) is 14.4 Å². The number of hydrogen-bond donors (Lipinski definition) is 3. The number of carbonyl (C=O) groups excluding carboxylic acids is 3. The lowest BCUT2D eigenvalue weighted by Gasteiger charge is -2.28. The molecule has 2 aromatic rings. The van der Waals surface area contributed by atoms with Crippen molar-refractivity contribution in [3.8, 4) is 0 Å². The smallest absolute Gasteiger partial charge is 0.268 e. The molecular formula is C31H44N4O3. The van der Waals surface area contributed by atoms with Crippen molar-refractivity contribution in [2.24, 2.45) is 5.41 Å². The molecule has 0 spiro atoms. The summed E-state index contributed by atoms with van der Waals surface area (Å²) in [4.78, 5) is 44.9. The molecule has 1 saturated heterocycles. The molecule has 4 rings (SSSR count). The van der Waals surface area contributed by atoms with Crippen LogP contribution in [0.3, 0.4) is 0 Å². The fourth-order valence-electron chi connectivity index (χ4n) is 5.82. The number of aromatic nitrogens is 1. The van der Waals surface area contributed by atoms with E-state index in [4.69, 9.17) is 0 Å². The number of Topliss-reactive ketones (excluding diaryl/α,β-unsaturated/α-hetero) is 1. The molecule has 7 heteroatoms. The van der Waals surface area contributed by atoms with Crippen molar-refractivity contribution in [2.45, 2.75) is 98.2 Å². The van der Waals surface area contributed by atoms with E-state index in [1.165, 1.54) is 37.9 Å². The van der Waals surface area contributed by atoms with E-state index >= 15 is 0 Å². The van der Waals surface area contributed by atoms with Crippen LogP contribution in [0, 0.1) is 12.3 Å². The lowest BCUT2D eigenvalue weighted by atomic mass is 9.75. The number of piperidine rings is 1. The second kappa shape index (κ2) is 12.3. The normalized spacial score (nSPS) is 18.1. The molecule has 38 heavy (non-hydrogen) atoms. The van der Waals surface area contributed by atoms with Crippen molar-refractivity contribution in [1.29, 1.82) is 0 Å². The van der Waals surface area contributed by atoms with Gasteiger partial charge in [-0.3, -0.25) is 19.3 Å². The second-order valence-corrected chi connectivity index (χ2v) is 12.0. The number of likely N-dealkylation sites (tertiary alicyclic amines) is 1. The molecule has 2 amide bonds. The number of benzene rings is 1. The number of aromatic amines is 1. The van der Waals surface area contributed by atoms with Gasteiger partial charge in [0, 0.05) is 30.8 Å². The molecule has 1 aliphatic carbocycles. The summed E-state index contributed by atoms with van der Waals surface area (Å²) in [6.07, 6.45) is 7.41. The minimum Gasteiger partial charge on any atom is -0.354 e. The first kappa shape index (κ1) is 28.1. The Balaban J connectivity index is 1.37. The van der Waals surface area contributed by atoms with Crippen molar-refractivity contribution in [3.63, 3.8) is 0 Å². The highest BCUT2D eigenvalue weighted by Gasteiger charge is 2.35. The number of ketones is 1. The van der Waals surface area contributed by atoms with Crippen LogP contribution in [0.5, 0.6) is 0 Å². The van der Waals surface area contributed by atoms with Gasteiger partial charge in [-0.2, -0.15) is 0 Å². The molecule has 2 aliphatic rings. The maximum atomic E-state index is 13.3. The van der Waals surface area contributed by atoms with E-state index in [0.29, 0.717) is 36.2 Å². The van der Waals surface area contributed by atoms with Gasteiger partial charge in [0.05, 0.1) is 0 Å². The molecular weight excluding hydrogens is 476 g/mol. The highest BCUT2D eigenvalue weighted by atomic mass is 16.2. The second-order valence-electron chi connectivity index (χ2n) is 12.0. The van der Waals surface area contributed by atoms with Gasteiger partial charge in [-0.05, 0) is 67.8 Å². The van der Waals surface area contributed by atoms with Crippen LogP contribution in [0.2, 0.25) is 0 Å². The summed E-state index contributed by atoms with van der Waals surface area (Å²) in [5, 5.41) is 5.96. The Kier molecular flexibility index (Phi) is 9.08. The Morgan fingerprint density at radius 2 is 1.74 bits per heavy atom. The number of hydrogen-bond acceptors (Lipinski definition) is 4. The van der Waals surface area contributed by atoms with Crippen LogP contribution >= 0.6 is 0 Å². The van der Waals surface area contributed by atoms with E-state index in [1.807, 2.05) is 6.92 Å². The lowest BCUT2D eigenvalue weighted by Crippen LogP contribution is -2.46. The number of nitrogens with zero attached hydrogens (tertiary/aromatic N) is 1. The molecule has 0 bridgehead atoms. The third-order valence-electron chi connectivity index (χ3n) is 7.94. The minimum atomic E-state index is -0.632. The average molecular weight is 521 g/mol. The van der Waals surface area contributed by atoms with Crippen molar-refractivity contribution < 1.29 is 14.4 Å². The van der Waals surface area contributed by atoms with Gasteiger partial charge in [0.2, 0.25) is 5.91 Å². The summed E-state index contributed by atoms with van der Waals surface area (Å²) in [6, 6.07) is 7.80. The van der Waals surface area contributed by atoms with Crippen LogP contribution in [-0.2, 0) is 24.3 Å². The molecule has 0 radical (unpaired) electrons. The molecule has 2 heterocycles. The highest BCUT2D eigenvalue weighted by molar-refractivity contribution is 6.05. The lowest BCUT2D eigenvalue weighted by molar-refractivity contribution is -0.123. The molecule has 1 atom stereocenters. The van der Waals surface area contributed by atoms with Gasteiger partial charge in [0.25, 0.3) is 5.91 Å². The van der Waals surface area contributed by atoms with Crippen molar-refractivity contribution in [3.05, 3.63) is 57.9 Å². The highest BCUT2D eigenvalue weighted by Crippen LogP contribution is 2.36. The summed E-state index contributed by atoms with van der Waals surface area (Å²) in [7, 11) is 0. The summed E-state index contributed by atoms with van der Waals surface area (Å²) in [5.41, 5.74) is 4.73. The fourth-order valence-corrected chi connectivity index (χ4v) is 5.82. The van der Waals surface area contributed by atoms with Crippen LogP contribution in [0.1, 0.15) is 109 Å². The fraction of sp³-hybridized carbons (Fsp3) is 0.581. The molecule has 1 fully saturated rings. The minimum absolute atomic E-state index is 0.0753. The van der Waals surface area contributed by atoms with Gasteiger partial charge in [0.1, 0.15) is 11.7 Å². The standard InChI is InChI=1S/C31H44N4O3/c1-5-6-10-24(34-30(38)28-21(2)27-25(33-28)17-31(3,4)18-26(27)36)29(37)32-19-22-11-13-23(14-12-22)20-35-15-8-7-9-16-35/h11-14,24,33H,5-10,15-20H2,1-4H3,(H,32,37)(H,34,38). The Hall–Kier alpha value is -2.93. The van der Waals surface area contributed by atoms with Crippen LogP contribution in [0.4, 0.5) is 0 Å². The summed E-state index contributed by atoms with van der Waals surface area (Å²) in [5.74, 6) is -0.442. The quantitative estimate of drug-likeness (QED) is 0.408. The average Bonchev–Trinajstić information content (AvgIpc) is 3.21. The number of unbranched alkanes of at least 4 members (excludes halogenated alkanes) is 1. The Bertz CT molecular complexity index is 1140. The Morgan fingerprint density at radius 1 is 1.05 bits per heavy atom. The maximum Gasteiger partial charge on any atom is 0.268 e. The number of H-pyrrole nitrogens is 1. The van der Waals surface area contributed by atoms with Crippen molar-refractivity contribution in [2.75, 3.05) is 13.1 Å². The number of carbonyl (C=O) groups is 3. The molecule has 1 aromatic heterocycles.